The van der Waals surface area contributed by atoms with Crippen LogP contribution >= 0.6 is 0 Å². The van der Waals surface area contributed by atoms with Gasteiger partial charge in [0.2, 0.25) is 0 Å². The number of ether oxygens (including phenoxy) is 1. The van der Waals surface area contributed by atoms with Gasteiger partial charge in [-0.05, 0) is 23.8 Å². The lowest BCUT2D eigenvalue weighted by atomic mass is 10.2. The summed E-state index contributed by atoms with van der Waals surface area (Å²) in [5, 5.41) is 0. The average molecular weight is 152 g/mol. The lowest BCUT2D eigenvalue weighted by Crippen LogP contribution is -1.75. The maximum Gasteiger partial charge on any atom is 0.123 e. The molecular weight excluding hydrogens is 143 g/mol. The monoisotopic (exact) mass is 152 g/mol. The van der Waals surface area contributed by atoms with E-state index in [9.17, 15) is 4.39 Å². The summed E-state index contributed by atoms with van der Waals surface area (Å²) < 4.78 is 17.2. The molecule has 0 aliphatic heterocycles. The van der Waals surface area contributed by atoms with Gasteiger partial charge in [0.1, 0.15) is 5.82 Å². The van der Waals surface area contributed by atoms with Crippen LogP contribution in [0.15, 0.2) is 30.5 Å². The highest BCUT2D eigenvalue weighted by atomic mass is 19.1. The second-order valence-corrected chi connectivity index (χ2v) is 2.09. The molecule has 0 spiro atoms. The summed E-state index contributed by atoms with van der Waals surface area (Å²) in [6, 6.07) is 6.31. The average Bonchev–Trinajstić information content (AvgIpc) is 2.01. The normalized spacial score (nSPS) is 10.4. The van der Waals surface area contributed by atoms with E-state index >= 15 is 0 Å². The Morgan fingerprint density at radius 1 is 1.45 bits per heavy atom. The van der Waals surface area contributed by atoms with Gasteiger partial charge in [0.15, 0.2) is 0 Å². The van der Waals surface area contributed by atoms with E-state index in [0.717, 1.165) is 5.56 Å². The van der Waals surface area contributed by atoms with Crippen LogP contribution in [0, 0.1) is 5.82 Å². The van der Waals surface area contributed by atoms with E-state index in [2.05, 4.69) is 4.74 Å². The minimum Gasteiger partial charge on any atom is -0.504 e. The van der Waals surface area contributed by atoms with Crippen LogP contribution in [0.2, 0.25) is 0 Å². The van der Waals surface area contributed by atoms with Crippen molar-refractivity contribution in [3.63, 3.8) is 0 Å². The van der Waals surface area contributed by atoms with Crippen molar-refractivity contribution in [3.8, 4) is 0 Å². The number of halogens is 1. The standard InChI is InChI=1S/C9H9FO/c1-11-6-5-8-3-2-4-9(10)7-8/h2-7H,1H3/b6-5+. The van der Waals surface area contributed by atoms with E-state index in [1.165, 1.54) is 18.4 Å². The van der Waals surface area contributed by atoms with E-state index in [1.54, 1.807) is 25.3 Å². The molecule has 1 nitrogen and oxygen atoms in total. The second-order valence-electron chi connectivity index (χ2n) is 2.09. The molecule has 0 radical (unpaired) electrons. The minimum atomic E-state index is -0.233. The fourth-order valence-corrected chi connectivity index (χ4v) is 0.757. The van der Waals surface area contributed by atoms with Crippen LogP contribution in [-0.4, -0.2) is 7.11 Å². The summed E-state index contributed by atoms with van der Waals surface area (Å²) >= 11 is 0. The summed E-state index contributed by atoms with van der Waals surface area (Å²) in [7, 11) is 1.55. The molecule has 0 aliphatic carbocycles. The quantitative estimate of drug-likeness (QED) is 0.591. The Balaban J connectivity index is 2.79. The smallest absolute Gasteiger partial charge is 0.123 e. The minimum absolute atomic E-state index is 0.233. The lowest BCUT2D eigenvalue weighted by molar-refractivity contribution is 0.341. The van der Waals surface area contributed by atoms with Gasteiger partial charge in [0.05, 0.1) is 13.4 Å². The van der Waals surface area contributed by atoms with Gasteiger partial charge < -0.3 is 4.74 Å². The summed E-state index contributed by atoms with van der Waals surface area (Å²) in [4.78, 5) is 0. The van der Waals surface area contributed by atoms with Crippen LogP contribution in [0.1, 0.15) is 5.56 Å². The van der Waals surface area contributed by atoms with Crippen molar-refractivity contribution >= 4 is 6.08 Å². The summed E-state index contributed by atoms with van der Waals surface area (Å²) in [5.74, 6) is -0.233. The Labute approximate surface area is 65.1 Å². The van der Waals surface area contributed by atoms with Gasteiger partial charge in [0, 0.05) is 0 Å². The Morgan fingerprint density at radius 2 is 2.27 bits per heavy atom. The first-order chi connectivity index (χ1) is 5.33. The van der Waals surface area contributed by atoms with Crippen molar-refractivity contribution in [1.29, 1.82) is 0 Å². The van der Waals surface area contributed by atoms with Gasteiger partial charge in [-0.15, -0.1) is 0 Å². The number of hydrogen-bond acceptors (Lipinski definition) is 1. The molecule has 0 N–H and O–H groups in total. The number of rotatable bonds is 2. The van der Waals surface area contributed by atoms with Crippen LogP contribution in [0.3, 0.4) is 0 Å². The predicted molar refractivity (Wildman–Crippen MR) is 42.4 cm³/mol. The number of hydrogen-bond donors (Lipinski definition) is 0. The van der Waals surface area contributed by atoms with Gasteiger partial charge in [0.25, 0.3) is 0 Å². The fourth-order valence-electron chi connectivity index (χ4n) is 0.757. The molecule has 11 heavy (non-hydrogen) atoms. The maximum absolute atomic E-state index is 12.5. The van der Waals surface area contributed by atoms with Crippen LogP contribution in [-0.2, 0) is 4.74 Å². The van der Waals surface area contributed by atoms with E-state index in [1.807, 2.05) is 0 Å². The van der Waals surface area contributed by atoms with Crippen LogP contribution in [0.5, 0.6) is 0 Å². The van der Waals surface area contributed by atoms with E-state index < -0.39 is 0 Å². The van der Waals surface area contributed by atoms with E-state index in [4.69, 9.17) is 0 Å². The molecule has 0 fully saturated rings. The summed E-state index contributed by atoms with van der Waals surface area (Å²) in [5.41, 5.74) is 0.798. The van der Waals surface area contributed by atoms with Gasteiger partial charge >= 0.3 is 0 Å². The molecule has 0 aromatic heterocycles. The molecular formula is C9H9FO. The third kappa shape index (κ3) is 2.42. The van der Waals surface area contributed by atoms with Crippen LogP contribution < -0.4 is 0 Å². The molecule has 0 saturated heterocycles. The molecule has 0 aliphatic rings. The van der Waals surface area contributed by atoms with Gasteiger partial charge in [-0.2, -0.15) is 0 Å². The van der Waals surface area contributed by atoms with Crippen molar-refractivity contribution in [3.05, 3.63) is 41.9 Å². The molecule has 2 heteroatoms. The number of methoxy groups -OCH3 is 1. The topological polar surface area (TPSA) is 9.23 Å². The predicted octanol–water partition coefficient (Wildman–Crippen LogP) is 2.44. The Morgan fingerprint density at radius 3 is 2.91 bits per heavy atom. The fraction of sp³-hybridized carbons (Fsp3) is 0.111. The summed E-state index contributed by atoms with van der Waals surface area (Å²) in [6.45, 7) is 0. The van der Waals surface area contributed by atoms with Crippen molar-refractivity contribution in [2.45, 2.75) is 0 Å². The Kier molecular flexibility index (Phi) is 2.66. The molecule has 1 aromatic rings. The molecule has 1 rings (SSSR count). The molecule has 58 valence electrons. The van der Waals surface area contributed by atoms with Crippen molar-refractivity contribution < 1.29 is 9.13 Å². The second kappa shape index (κ2) is 3.76. The highest BCUT2D eigenvalue weighted by molar-refractivity contribution is 5.47. The van der Waals surface area contributed by atoms with Crippen LogP contribution in [0.4, 0.5) is 4.39 Å². The third-order valence-corrected chi connectivity index (χ3v) is 1.25. The summed E-state index contributed by atoms with van der Waals surface area (Å²) in [6.07, 6.45) is 3.21. The SMILES string of the molecule is CO/C=C/c1cccc(F)c1. The molecule has 1 aromatic carbocycles. The molecule has 0 atom stereocenters. The number of benzene rings is 1. The zero-order chi connectivity index (χ0) is 8.10. The van der Waals surface area contributed by atoms with Crippen molar-refractivity contribution in [1.82, 2.24) is 0 Å². The van der Waals surface area contributed by atoms with Crippen LogP contribution in [0.25, 0.3) is 6.08 Å². The highest BCUT2D eigenvalue weighted by Gasteiger charge is 1.88. The third-order valence-electron chi connectivity index (χ3n) is 1.25. The van der Waals surface area contributed by atoms with Gasteiger partial charge in [-0.3, -0.25) is 0 Å². The zero-order valence-corrected chi connectivity index (χ0v) is 6.25. The zero-order valence-electron chi connectivity index (χ0n) is 6.25. The molecule has 0 unspecified atom stereocenters. The maximum atomic E-state index is 12.5. The molecule has 0 saturated carbocycles. The first kappa shape index (κ1) is 7.79. The Hall–Kier alpha value is -1.31. The van der Waals surface area contributed by atoms with Crippen molar-refractivity contribution in [2.24, 2.45) is 0 Å². The van der Waals surface area contributed by atoms with Gasteiger partial charge in [-0.1, -0.05) is 12.1 Å². The molecule has 0 amide bonds. The Bertz CT molecular complexity index is 255. The molecule has 0 heterocycles. The molecule has 0 bridgehead atoms. The van der Waals surface area contributed by atoms with Gasteiger partial charge in [-0.25, -0.2) is 4.39 Å². The van der Waals surface area contributed by atoms with E-state index in [-0.39, 0.29) is 5.82 Å². The first-order valence-corrected chi connectivity index (χ1v) is 3.28. The first-order valence-electron chi connectivity index (χ1n) is 3.28. The highest BCUT2D eigenvalue weighted by Crippen LogP contribution is 2.04. The largest absolute Gasteiger partial charge is 0.504 e. The van der Waals surface area contributed by atoms with E-state index in [0.29, 0.717) is 0 Å². The lowest BCUT2D eigenvalue weighted by Gasteiger charge is -1.92. The van der Waals surface area contributed by atoms with Crippen molar-refractivity contribution in [2.75, 3.05) is 7.11 Å².